The molecular weight excluding hydrogens is 445 g/mol. The second-order valence-electron chi connectivity index (χ2n) is 6.55. The topological polar surface area (TPSA) is 92.4 Å². The molecule has 2 aromatic carbocycles. The first kappa shape index (κ1) is 23.1. The fraction of sp³-hybridized carbons (Fsp3) is 0.190. The highest BCUT2D eigenvalue weighted by Gasteiger charge is 2.30. The molecule has 3 rings (SSSR count). The first-order chi connectivity index (χ1) is 15.3. The van der Waals surface area contributed by atoms with Gasteiger partial charge in [-0.3, -0.25) is 20.4 Å². The molecule has 0 fully saturated rings. The van der Waals surface area contributed by atoms with Gasteiger partial charge in [-0.1, -0.05) is 24.3 Å². The summed E-state index contributed by atoms with van der Waals surface area (Å²) in [6.45, 7) is -0.0879. The van der Waals surface area contributed by atoms with Crippen LogP contribution in [0.1, 0.15) is 11.3 Å². The summed E-state index contributed by atoms with van der Waals surface area (Å²) < 4.78 is 43.2. The van der Waals surface area contributed by atoms with Crippen molar-refractivity contribution >= 4 is 28.8 Å². The number of ether oxygens (including phenoxy) is 1. The Morgan fingerprint density at radius 2 is 1.72 bits per heavy atom. The number of rotatable bonds is 7. The summed E-state index contributed by atoms with van der Waals surface area (Å²) in [7, 11) is 1.52. The van der Waals surface area contributed by atoms with Gasteiger partial charge in [0.05, 0.1) is 37.0 Å². The molecule has 7 nitrogen and oxygen atoms in total. The van der Waals surface area contributed by atoms with Crippen LogP contribution in [0.3, 0.4) is 0 Å². The van der Waals surface area contributed by atoms with E-state index in [9.17, 15) is 22.8 Å². The second kappa shape index (κ2) is 10.1. The van der Waals surface area contributed by atoms with Gasteiger partial charge in [-0.25, -0.2) is 4.98 Å². The van der Waals surface area contributed by atoms with Crippen LogP contribution in [-0.2, 0) is 22.2 Å². The first-order valence-corrected chi connectivity index (χ1v) is 10.2. The predicted octanol–water partition coefficient (Wildman–Crippen LogP) is 3.64. The third kappa shape index (κ3) is 6.20. The molecule has 3 aromatic rings. The SMILES string of the molecule is COc1ccccc1NCC(=O)NNC(=O)Cc1csc(-c2ccc(C(F)(F)F)cc2)n1. The molecule has 0 atom stereocenters. The van der Waals surface area contributed by atoms with Gasteiger partial charge < -0.3 is 10.1 Å². The number of benzene rings is 2. The maximum absolute atomic E-state index is 12.7. The van der Waals surface area contributed by atoms with Crippen LogP contribution in [0.2, 0.25) is 0 Å². The fourth-order valence-corrected chi connectivity index (χ4v) is 3.51. The van der Waals surface area contributed by atoms with E-state index in [2.05, 4.69) is 21.2 Å². The number of amides is 2. The van der Waals surface area contributed by atoms with Crippen molar-refractivity contribution in [3.8, 4) is 16.3 Å². The number of methoxy groups -OCH3 is 1. The van der Waals surface area contributed by atoms with Gasteiger partial charge in [0, 0.05) is 10.9 Å². The van der Waals surface area contributed by atoms with Crippen molar-refractivity contribution in [2.24, 2.45) is 0 Å². The standard InChI is InChI=1S/C21H19F3N4O3S/c1-31-17-5-3-2-4-16(17)25-11-19(30)28-27-18(29)10-15-12-32-20(26-15)13-6-8-14(9-7-13)21(22,23)24/h2-9,12,25H,10-11H2,1H3,(H,27,29)(H,28,30). The summed E-state index contributed by atoms with van der Waals surface area (Å²) in [5.74, 6) is -0.371. The van der Waals surface area contributed by atoms with Crippen molar-refractivity contribution in [2.45, 2.75) is 12.6 Å². The van der Waals surface area contributed by atoms with Gasteiger partial charge in [0.2, 0.25) is 5.91 Å². The third-order valence-corrected chi connectivity index (χ3v) is 5.18. The van der Waals surface area contributed by atoms with Crippen molar-refractivity contribution < 1.29 is 27.5 Å². The van der Waals surface area contributed by atoms with Crippen LogP contribution < -0.4 is 20.9 Å². The van der Waals surface area contributed by atoms with Gasteiger partial charge in [0.1, 0.15) is 10.8 Å². The molecule has 11 heteroatoms. The molecule has 32 heavy (non-hydrogen) atoms. The Morgan fingerprint density at radius 3 is 2.41 bits per heavy atom. The number of hydrogen-bond donors (Lipinski definition) is 3. The summed E-state index contributed by atoms with van der Waals surface area (Å²) in [4.78, 5) is 28.3. The lowest BCUT2D eigenvalue weighted by atomic mass is 10.1. The van der Waals surface area contributed by atoms with E-state index in [0.29, 0.717) is 27.7 Å². The minimum atomic E-state index is -4.40. The Hall–Kier alpha value is -3.60. The van der Waals surface area contributed by atoms with Crippen LogP contribution in [0.4, 0.5) is 18.9 Å². The molecule has 3 N–H and O–H groups in total. The van der Waals surface area contributed by atoms with E-state index >= 15 is 0 Å². The van der Waals surface area contributed by atoms with Crippen LogP contribution >= 0.6 is 11.3 Å². The van der Waals surface area contributed by atoms with Gasteiger partial charge in [-0.05, 0) is 24.3 Å². The molecule has 0 aliphatic heterocycles. The van der Waals surface area contributed by atoms with E-state index in [1.54, 1.807) is 29.6 Å². The number of thiazole rings is 1. The Labute approximate surface area is 185 Å². The lowest BCUT2D eigenvalue weighted by Gasteiger charge is -2.11. The van der Waals surface area contributed by atoms with E-state index in [4.69, 9.17) is 4.74 Å². The molecule has 0 saturated carbocycles. The summed E-state index contributed by atoms with van der Waals surface area (Å²) in [6.07, 6.45) is -4.50. The quantitative estimate of drug-likeness (QED) is 0.465. The van der Waals surface area contributed by atoms with E-state index in [0.717, 1.165) is 12.1 Å². The van der Waals surface area contributed by atoms with Gasteiger partial charge in [-0.2, -0.15) is 13.2 Å². The van der Waals surface area contributed by atoms with Crippen LogP contribution in [0.15, 0.2) is 53.9 Å². The molecule has 1 aromatic heterocycles. The van der Waals surface area contributed by atoms with E-state index in [1.165, 1.54) is 30.6 Å². The number of alkyl halides is 3. The summed E-state index contributed by atoms with van der Waals surface area (Å²) in [5.41, 5.74) is 5.44. The van der Waals surface area contributed by atoms with Crippen molar-refractivity contribution in [3.05, 3.63) is 65.2 Å². The third-order valence-electron chi connectivity index (χ3n) is 4.24. The number of halogens is 3. The number of nitrogens with zero attached hydrogens (tertiary/aromatic N) is 1. The second-order valence-corrected chi connectivity index (χ2v) is 7.40. The zero-order valence-electron chi connectivity index (χ0n) is 16.8. The summed E-state index contributed by atoms with van der Waals surface area (Å²) in [6, 6.07) is 11.7. The maximum Gasteiger partial charge on any atom is 0.416 e. The average Bonchev–Trinajstić information content (AvgIpc) is 3.24. The number of hydrogen-bond acceptors (Lipinski definition) is 6. The maximum atomic E-state index is 12.7. The highest BCUT2D eigenvalue weighted by Crippen LogP contribution is 2.31. The minimum Gasteiger partial charge on any atom is -0.495 e. The van der Waals surface area contributed by atoms with Crippen molar-refractivity contribution in [2.75, 3.05) is 19.0 Å². The zero-order chi connectivity index (χ0) is 23.1. The van der Waals surface area contributed by atoms with E-state index in [-0.39, 0.29) is 13.0 Å². The Balaban J connectivity index is 1.47. The number of aromatic nitrogens is 1. The number of carbonyl (C=O) groups excluding carboxylic acids is 2. The molecule has 0 saturated heterocycles. The van der Waals surface area contributed by atoms with Gasteiger partial charge >= 0.3 is 6.18 Å². The lowest BCUT2D eigenvalue weighted by Crippen LogP contribution is -2.44. The largest absolute Gasteiger partial charge is 0.495 e. The van der Waals surface area contributed by atoms with E-state index < -0.39 is 23.6 Å². The fourth-order valence-electron chi connectivity index (χ4n) is 2.68. The molecule has 0 spiro atoms. The normalized spacial score (nSPS) is 11.0. The predicted molar refractivity (Wildman–Crippen MR) is 114 cm³/mol. The number of para-hydroxylation sites is 2. The number of anilines is 1. The molecule has 0 unspecified atom stereocenters. The van der Waals surface area contributed by atoms with Crippen molar-refractivity contribution in [1.82, 2.24) is 15.8 Å². The highest BCUT2D eigenvalue weighted by atomic mass is 32.1. The van der Waals surface area contributed by atoms with Gasteiger partial charge in [-0.15, -0.1) is 11.3 Å². The molecule has 0 aliphatic rings. The molecule has 2 amide bonds. The molecule has 0 bridgehead atoms. The zero-order valence-corrected chi connectivity index (χ0v) is 17.6. The van der Waals surface area contributed by atoms with Crippen LogP contribution in [0.25, 0.3) is 10.6 Å². The average molecular weight is 464 g/mol. The number of nitrogens with one attached hydrogen (secondary N) is 3. The number of hydrazine groups is 1. The summed E-state index contributed by atoms with van der Waals surface area (Å²) in [5, 5.41) is 5.03. The Bertz CT molecular complexity index is 1080. The van der Waals surface area contributed by atoms with Crippen molar-refractivity contribution in [1.29, 1.82) is 0 Å². The first-order valence-electron chi connectivity index (χ1n) is 9.33. The molecular formula is C21H19F3N4O3S. The molecule has 1 heterocycles. The smallest absolute Gasteiger partial charge is 0.416 e. The lowest BCUT2D eigenvalue weighted by molar-refractivity contribution is -0.137. The minimum absolute atomic E-state index is 0.0879. The summed E-state index contributed by atoms with van der Waals surface area (Å²) >= 11 is 1.21. The molecule has 0 aliphatic carbocycles. The Morgan fingerprint density at radius 1 is 1.03 bits per heavy atom. The van der Waals surface area contributed by atoms with E-state index in [1.807, 2.05) is 0 Å². The Kier molecular flexibility index (Phi) is 7.31. The number of carbonyl (C=O) groups is 2. The van der Waals surface area contributed by atoms with Gasteiger partial charge in [0.25, 0.3) is 5.91 Å². The monoisotopic (exact) mass is 464 g/mol. The van der Waals surface area contributed by atoms with Crippen LogP contribution in [-0.4, -0.2) is 30.5 Å². The molecule has 168 valence electrons. The van der Waals surface area contributed by atoms with Crippen molar-refractivity contribution in [3.63, 3.8) is 0 Å². The van der Waals surface area contributed by atoms with Crippen LogP contribution in [0.5, 0.6) is 5.75 Å². The van der Waals surface area contributed by atoms with Crippen LogP contribution in [0, 0.1) is 0 Å². The van der Waals surface area contributed by atoms with Gasteiger partial charge in [0.15, 0.2) is 0 Å². The molecule has 0 radical (unpaired) electrons. The highest BCUT2D eigenvalue weighted by molar-refractivity contribution is 7.13.